The Kier molecular flexibility index (Phi) is 2.63. The molecule has 1 aromatic carbocycles. The molecule has 2 atom stereocenters. The van der Waals surface area contributed by atoms with Gasteiger partial charge in [-0.2, -0.15) is 0 Å². The third kappa shape index (κ3) is 2.27. The molecule has 1 heterocycles. The van der Waals surface area contributed by atoms with Crippen molar-refractivity contribution in [2.24, 2.45) is 5.92 Å². The van der Waals surface area contributed by atoms with Gasteiger partial charge in [0.25, 0.3) is 0 Å². The summed E-state index contributed by atoms with van der Waals surface area (Å²) in [5.74, 6) is -0.319. The summed E-state index contributed by atoms with van der Waals surface area (Å²) < 4.78 is 22.4. The van der Waals surface area contributed by atoms with Crippen molar-refractivity contribution in [1.82, 2.24) is 0 Å². The minimum absolute atomic E-state index is 0.00304. The van der Waals surface area contributed by atoms with E-state index < -0.39 is 15.9 Å². The van der Waals surface area contributed by atoms with Crippen LogP contribution in [0, 0.1) is 5.92 Å². The zero-order valence-corrected chi connectivity index (χ0v) is 8.89. The lowest BCUT2D eigenvalue weighted by molar-refractivity contribution is 0.142. The summed E-state index contributed by atoms with van der Waals surface area (Å²) in [5, 5.41) is 11.1. The van der Waals surface area contributed by atoms with Gasteiger partial charge in [-0.15, -0.1) is 0 Å². The minimum Gasteiger partial charge on any atom is -0.388 e. The van der Waals surface area contributed by atoms with Gasteiger partial charge in [0.15, 0.2) is 9.84 Å². The molecule has 0 saturated heterocycles. The third-order valence-corrected chi connectivity index (χ3v) is 3.93. The van der Waals surface area contributed by atoms with Gasteiger partial charge >= 0.3 is 0 Å². The van der Waals surface area contributed by atoms with Crippen LogP contribution in [0.5, 0.6) is 0 Å². The zero-order valence-electron chi connectivity index (χ0n) is 8.08. The second-order valence-electron chi connectivity index (χ2n) is 3.68. The van der Waals surface area contributed by atoms with E-state index in [4.69, 9.17) is 0 Å². The van der Waals surface area contributed by atoms with Crippen molar-refractivity contribution in [3.05, 3.63) is 47.4 Å². The Bertz CT molecular complexity index is 462. The normalized spacial score (nSPS) is 25.3. The van der Waals surface area contributed by atoms with Crippen molar-refractivity contribution < 1.29 is 13.5 Å². The molecule has 4 heteroatoms. The van der Waals surface area contributed by atoms with Gasteiger partial charge < -0.3 is 5.11 Å². The molecule has 0 radical (unpaired) electrons. The van der Waals surface area contributed by atoms with Crippen molar-refractivity contribution in [2.75, 3.05) is 5.75 Å². The summed E-state index contributed by atoms with van der Waals surface area (Å²) in [4.78, 5) is 0. The lowest BCUT2D eigenvalue weighted by Gasteiger charge is -2.15. The molecule has 1 aliphatic heterocycles. The quantitative estimate of drug-likeness (QED) is 0.823. The maximum atomic E-state index is 11.2. The molecule has 0 aliphatic carbocycles. The molecule has 1 N–H and O–H groups in total. The second kappa shape index (κ2) is 3.79. The lowest BCUT2D eigenvalue weighted by Crippen LogP contribution is -2.14. The van der Waals surface area contributed by atoms with E-state index in [9.17, 15) is 13.5 Å². The first-order valence-corrected chi connectivity index (χ1v) is 6.44. The summed E-state index contributed by atoms with van der Waals surface area (Å²) in [6, 6.07) is 9.10. The Morgan fingerprint density at radius 2 is 1.93 bits per heavy atom. The highest BCUT2D eigenvalue weighted by Crippen LogP contribution is 2.28. The first kappa shape index (κ1) is 10.4. The van der Waals surface area contributed by atoms with Crippen LogP contribution in [-0.4, -0.2) is 19.3 Å². The largest absolute Gasteiger partial charge is 0.388 e. The summed E-state index contributed by atoms with van der Waals surface area (Å²) in [6.07, 6.45) is 0.826. The van der Waals surface area contributed by atoms with E-state index in [0.717, 1.165) is 5.56 Å². The molecule has 1 aliphatic rings. The first-order chi connectivity index (χ1) is 7.08. The van der Waals surface area contributed by atoms with E-state index in [0.29, 0.717) is 0 Å². The molecule has 0 fully saturated rings. The van der Waals surface area contributed by atoms with E-state index in [1.165, 1.54) is 5.41 Å². The van der Waals surface area contributed by atoms with E-state index >= 15 is 0 Å². The maximum absolute atomic E-state index is 11.2. The molecular formula is C11H12O3S. The molecule has 2 rings (SSSR count). The average Bonchev–Trinajstić information content (AvgIpc) is 2.59. The maximum Gasteiger partial charge on any atom is 0.171 e. The van der Waals surface area contributed by atoms with Gasteiger partial charge in [-0.05, 0) is 5.56 Å². The zero-order chi connectivity index (χ0) is 10.9. The molecule has 0 saturated carbocycles. The lowest BCUT2D eigenvalue weighted by atomic mass is 9.98. The van der Waals surface area contributed by atoms with Crippen molar-refractivity contribution in [3.8, 4) is 0 Å². The van der Waals surface area contributed by atoms with Crippen LogP contribution < -0.4 is 0 Å². The van der Waals surface area contributed by atoms with E-state index in [2.05, 4.69) is 0 Å². The van der Waals surface area contributed by atoms with Crippen molar-refractivity contribution in [3.63, 3.8) is 0 Å². The smallest absolute Gasteiger partial charge is 0.171 e. The van der Waals surface area contributed by atoms with Crippen LogP contribution >= 0.6 is 0 Å². The highest BCUT2D eigenvalue weighted by atomic mass is 32.2. The van der Waals surface area contributed by atoms with Crippen LogP contribution in [0.1, 0.15) is 11.7 Å². The topological polar surface area (TPSA) is 54.4 Å². The monoisotopic (exact) mass is 224 g/mol. The van der Waals surface area contributed by atoms with Crippen LogP contribution in [0.25, 0.3) is 0 Å². The highest BCUT2D eigenvalue weighted by molar-refractivity contribution is 7.94. The van der Waals surface area contributed by atoms with Crippen LogP contribution in [-0.2, 0) is 9.84 Å². The number of benzene rings is 1. The van der Waals surface area contributed by atoms with Gasteiger partial charge in [-0.3, -0.25) is 0 Å². The molecule has 1 aromatic rings. The molecular weight excluding hydrogens is 212 g/mol. The molecule has 0 amide bonds. The number of rotatable bonds is 2. The third-order valence-electron chi connectivity index (χ3n) is 2.50. The van der Waals surface area contributed by atoms with E-state index in [1.807, 2.05) is 18.2 Å². The van der Waals surface area contributed by atoms with Crippen LogP contribution in [0.15, 0.2) is 41.8 Å². The number of aliphatic hydroxyl groups excluding tert-OH is 1. The van der Waals surface area contributed by atoms with Gasteiger partial charge in [-0.25, -0.2) is 8.42 Å². The molecule has 0 spiro atoms. The van der Waals surface area contributed by atoms with Gasteiger partial charge in [0.05, 0.1) is 11.9 Å². The predicted molar refractivity (Wildman–Crippen MR) is 57.8 cm³/mol. The van der Waals surface area contributed by atoms with Gasteiger partial charge in [0.1, 0.15) is 0 Å². The molecule has 0 aromatic heterocycles. The van der Waals surface area contributed by atoms with Crippen molar-refractivity contribution in [2.45, 2.75) is 6.10 Å². The summed E-state index contributed by atoms with van der Waals surface area (Å²) in [6.45, 7) is 0. The van der Waals surface area contributed by atoms with Crippen LogP contribution in [0.4, 0.5) is 0 Å². The van der Waals surface area contributed by atoms with Gasteiger partial charge in [0, 0.05) is 11.3 Å². The SMILES string of the molecule is O=S1(=O)C=C[C@H]([C@H](O)c2ccccc2)C1. The van der Waals surface area contributed by atoms with E-state index in [1.54, 1.807) is 18.2 Å². The standard InChI is InChI=1S/C11H12O3S/c12-11(9-4-2-1-3-5-9)10-6-7-15(13,14)8-10/h1-7,10-12H,8H2/t10-,11+/m0/s1. The fourth-order valence-electron chi connectivity index (χ4n) is 1.69. The Morgan fingerprint density at radius 1 is 1.27 bits per heavy atom. The minimum atomic E-state index is -3.09. The summed E-state index contributed by atoms with van der Waals surface area (Å²) in [5.41, 5.74) is 0.754. The Balaban J connectivity index is 2.18. The second-order valence-corrected chi connectivity index (χ2v) is 5.61. The summed E-state index contributed by atoms with van der Waals surface area (Å²) >= 11 is 0. The van der Waals surface area contributed by atoms with Crippen LogP contribution in [0.3, 0.4) is 0 Å². The summed E-state index contributed by atoms with van der Waals surface area (Å²) in [7, 11) is -3.09. The van der Waals surface area contributed by atoms with Gasteiger partial charge in [-0.1, -0.05) is 36.4 Å². The highest BCUT2D eigenvalue weighted by Gasteiger charge is 2.28. The number of hydrogen-bond acceptors (Lipinski definition) is 3. The Labute approximate surface area is 89.0 Å². The molecule has 80 valence electrons. The predicted octanol–water partition coefficient (Wildman–Crippen LogP) is 1.28. The fourth-order valence-corrected chi connectivity index (χ4v) is 3.08. The molecule has 0 bridgehead atoms. The number of hydrogen-bond donors (Lipinski definition) is 1. The Morgan fingerprint density at radius 3 is 2.47 bits per heavy atom. The van der Waals surface area contributed by atoms with E-state index in [-0.39, 0.29) is 11.7 Å². The molecule has 0 unspecified atom stereocenters. The fraction of sp³-hybridized carbons (Fsp3) is 0.273. The van der Waals surface area contributed by atoms with Gasteiger partial charge in [0.2, 0.25) is 0 Å². The van der Waals surface area contributed by atoms with Crippen LogP contribution in [0.2, 0.25) is 0 Å². The molecule has 3 nitrogen and oxygen atoms in total. The average molecular weight is 224 g/mol. The van der Waals surface area contributed by atoms with Crippen molar-refractivity contribution >= 4 is 9.84 Å². The van der Waals surface area contributed by atoms with Crippen molar-refractivity contribution in [1.29, 1.82) is 0 Å². The first-order valence-electron chi connectivity index (χ1n) is 4.72. The molecule has 15 heavy (non-hydrogen) atoms. The Hall–Kier alpha value is -1.13. The number of sulfone groups is 1. The number of aliphatic hydroxyl groups is 1.